The molecule has 0 saturated heterocycles. The lowest BCUT2D eigenvalue weighted by atomic mass is 10.1. The standard InChI is InChI=1S/C10H9F3/c11-8-4-7(3-6-1-2-6)5-9(12)10(8)13/h4-6H,1-3H2. The number of benzene rings is 1. The third-order valence-corrected chi connectivity index (χ3v) is 2.26. The summed E-state index contributed by atoms with van der Waals surface area (Å²) in [4.78, 5) is 0. The fraction of sp³-hybridized carbons (Fsp3) is 0.400. The average molecular weight is 186 g/mol. The number of hydrogen-bond acceptors (Lipinski definition) is 0. The summed E-state index contributed by atoms with van der Waals surface area (Å²) < 4.78 is 37.9. The quantitative estimate of drug-likeness (QED) is 0.622. The van der Waals surface area contributed by atoms with E-state index in [2.05, 4.69) is 0 Å². The lowest BCUT2D eigenvalue weighted by Crippen LogP contribution is -1.95. The van der Waals surface area contributed by atoms with Crippen LogP contribution in [0.2, 0.25) is 0 Å². The molecule has 0 amide bonds. The molecule has 0 nitrogen and oxygen atoms in total. The maximum absolute atomic E-state index is 12.7. The highest BCUT2D eigenvalue weighted by atomic mass is 19.2. The van der Waals surface area contributed by atoms with E-state index in [-0.39, 0.29) is 0 Å². The minimum atomic E-state index is -1.38. The molecule has 0 aromatic heterocycles. The van der Waals surface area contributed by atoms with Gasteiger partial charge in [-0.1, -0.05) is 0 Å². The van der Waals surface area contributed by atoms with E-state index in [1.165, 1.54) is 0 Å². The van der Waals surface area contributed by atoms with E-state index in [0.717, 1.165) is 25.0 Å². The molecule has 3 heteroatoms. The molecule has 0 unspecified atom stereocenters. The largest absolute Gasteiger partial charge is 0.204 e. The zero-order valence-electron chi connectivity index (χ0n) is 6.99. The van der Waals surface area contributed by atoms with Crippen LogP contribution in [0.1, 0.15) is 18.4 Å². The number of hydrogen-bond donors (Lipinski definition) is 0. The van der Waals surface area contributed by atoms with Crippen LogP contribution < -0.4 is 0 Å². The van der Waals surface area contributed by atoms with Crippen molar-refractivity contribution in [1.82, 2.24) is 0 Å². The summed E-state index contributed by atoms with van der Waals surface area (Å²) in [5, 5.41) is 0. The van der Waals surface area contributed by atoms with Crippen molar-refractivity contribution in [3.63, 3.8) is 0 Å². The first-order valence-electron chi connectivity index (χ1n) is 4.30. The van der Waals surface area contributed by atoms with Gasteiger partial charge in [0.05, 0.1) is 0 Å². The molecule has 70 valence electrons. The fourth-order valence-electron chi connectivity index (χ4n) is 1.38. The second-order valence-electron chi connectivity index (χ2n) is 3.52. The van der Waals surface area contributed by atoms with Crippen LogP contribution in [0.5, 0.6) is 0 Å². The van der Waals surface area contributed by atoms with Gasteiger partial charge in [0.2, 0.25) is 0 Å². The van der Waals surface area contributed by atoms with Crippen molar-refractivity contribution in [2.45, 2.75) is 19.3 Å². The zero-order chi connectivity index (χ0) is 9.42. The molecule has 1 aliphatic rings. The molecule has 0 aliphatic heterocycles. The molecule has 1 fully saturated rings. The number of rotatable bonds is 2. The maximum atomic E-state index is 12.7. The Bertz CT molecular complexity index is 306. The van der Waals surface area contributed by atoms with Gasteiger partial charge >= 0.3 is 0 Å². The van der Waals surface area contributed by atoms with Crippen molar-refractivity contribution >= 4 is 0 Å². The first kappa shape index (κ1) is 8.60. The molecular weight excluding hydrogens is 177 g/mol. The molecule has 1 aliphatic carbocycles. The van der Waals surface area contributed by atoms with Crippen LogP contribution in [0.3, 0.4) is 0 Å². The van der Waals surface area contributed by atoms with E-state index in [1.807, 2.05) is 0 Å². The van der Waals surface area contributed by atoms with Gasteiger partial charge in [0.25, 0.3) is 0 Å². The van der Waals surface area contributed by atoms with Gasteiger partial charge in [-0.15, -0.1) is 0 Å². The average Bonchev–Trinajstić information content (AvgIpc) is 2.84. The van der Waals surface area contributed by atoms with Crippen molar-refractivity contribution in [1.29, 1.82) is 0 Å². The minimum Gasteiger partial charge on any atom is -0.204 e. The highest BCUT2D eigenvalue weighted by Gasteiger charge is 2.22. The van der Waals surface area contributed by atoms with E-state index >= 15 is 0 Å². The van der Waals surface area contributed by atoms with Crippen molar-refractivity contribution < 1.29 is 13.2 Å². The van der Waals surface area contributed by atoms with E-state index < -0.39 is 17.5 Å². The van der Waals surface area contributed by atoms with Crippen LogP contribution in [0, 0.1) is 23.4 Å². The third-order valence-electron chi connectivity index (χ3n) is 2.26. The van der Waals surface area contributed by atoms with Crippen LogP contribution in [-0.4, -0.2) is 0 Å². The molecule has 0 N–H and O–H groups in total. The van der Waals surface area contributed by atoms with Gasteiger partial charge in [-0.05, 0) is 42.9 Å². The molecule has 1 aromatic carbocycles. The lowest BCUT2D eigenvalue weighted by molar-refractivity contribution is 0.445. The molecule has 13 heavy (non-hydrogen) atoms. The molecular formula is C10H9F3. The van der Waals surface area contributed by atoms with Crippen LogP contribution in [0.15, 0.2) is 12.1 Å². The topological polar surface area (TPSA) is 0 Å². The van der Waals surface area contributed by atoms with Crippen molar-refractivity contribution in [2.24, 2.45) is 5.92 Å². The Morgan fingerprint density at radius 3 is 2.08 bits per heavy atom. The lowest BCUT2D eigenvalue weighted by Gasteiger charge is -2.01. The highest BCUT2D eigenvalue weighted by Crippen LogP contribution is 2.33. The smallest absolute Gasteiger partial charge is 0.194 e. The normalized spacial score (nSPS) is 16.2. The van der Waals surface area contributed by atoms with Crippen LogP contribution >= 0.6 is 0 Å². The molecule has 0 radical (unpaired) electrons. The van der Waals surface area contributed by atoms with Gasteiger partial charge in [0.15, 0.2) is 17.5 Å². The monoisotopic (exact) mass is 186 g/mol. The Morgan fingerprint density at radius 2 is 1.62 bits per heavy atom. The predicted octanol–water partition coefficient (Wildman–Crippen LogP) is 3.06. The summed E-state index contributed by atoms with van der Waals surface area (Å²) in [5.41, 5.74) is 0.555. The molecule has 0 spiro atoms. The first-order valence-corrected chi connectivity index (χ1v) is 4.30. The third kappa shape index (κ3) is 1.85. The predicted molar refractivity (Wildman–Crippen MR) is 42.7 cm³/mol. The Labute approximate surface area is 74.4 Å². The van der Waals surface area contributed by atoms with Gasteiger partial charge in [-0.3, -0.25) is 0 Å². The van der Waals surface area contributed by atoms with Gasteiger partial charge in [-0.2, -0.15) is 0 Å². The van der Waals surface area contributed by atoms with Gasteiger partial charge in [-0.25, -0.2) is 13.2 Å². The summed E-state index contributed by atoms with van der Waals surface area (Å²) in [6.45, 7) is 0. The Balaban J connectivity index is 2.25. The van der Waals surface area contributed by atoms with Crippen molar-refractivity contribution in [3.05, 3.63) is 35.1 Å². The Hall–Kier alpha value is -0.990. The SMILES string of the molecule is Fc1cc(CC2CC2)cc(F)c1F. The van der Waals surface area contributed by atoms with E-state index in [1.54, 1.807) is 0 Å². The van der Waals surface area contributed by atoms with Gasteiger partial charge < -0.3 is 0 Å². The van der Waals surface area contributed by atoms with Gasteiger partial charge in [0.1, 0.15) is 0 Å². The second-order valence-corrected chi connectivity index (χ2v) is 3.52. The number of halogens is 3. The molecule has 0 bridgehead atoms. The zero-order valence-corrected chi connectivity index (χ0v) is 6.99. The first-order chi connectivity index (χ1) is 6.16. The minimum absolute atomic E-state index is 0.546. The summed E-state index contributed by atoms with van der Waals surface area (Å²) in [6.07, 6.45) is 2.88. The highest BCUT2D eigenvalue weighted by molar-refractivity contribution is 5.20. The molecule has 1 saturated carbocycles. The van der Waals surface area contributed by atoms with Crippen LogP contribution in [-0.2, 0) is 6.42 Å². The second kappa shape index (κ2) is 3.05. The van der Waals surface area contributed by atoms with Crippen LogP contribution in [0.4, 0.5) is 13.2 Å². The van der Waals surface area contributed by atoms with Crippen LogP contribution in [0.25, 0.3) is 0 Å². The van der Waals surface area contributed by atoms with Gasteiger partial charge in [0, 0.05) is 0 Å². The van der Waals surface area contributed by atoms with E-state index in [9.17, 15) is 13.2 Å². The maximum Gasteiger partial charge on any atom is 0.194 e. The Kier molecular flexibility index (Phi) is 2.02. The Morgan fingerprint density at radius 1 is 1.08 bits per heavy atom. The van der Waals surface area contributed by atoms with E-state index in [0.29, 0.717) is 17.9 Å². The van der Waals surface area contributed by atoms with E-state index in [4.69, 9.17) is 0 Å². The molecule has 2 rings (SSSR count). The van der Waals surface area contributed by atoms with Crippen molar-refractivity contribution in [3.8, 4) is 0 Å². The summed E-state index contributed by atoms with van der Waals surface area (Å²) >= 11 is 0. The van der Waals surface area contributed by atoms with Crippen molar-refractivity contribution in [2.75, 3.05) is 0 Å². The molecule has 0 heterocycles. The fourth-order valence-corrected chi connectivity index (χ4v) is 1.38. The summed E-state index contributed by atoms with van der Waals surface area (Å²) in [5.74, 6) is -3.00. The molecule has 1 aromatic rings. The molecule has 0 atom stereocenters. The summed E-state index contributed by atoms with van der Waals surface area (Å²) in [6, 6.07) is 2.16. The summed E-state index contributed by atoms with van der Waals surface area (Å²) in [7, 11) is 0.